The molecule has 0 radical (unpaired) electrons. The van der Waals surface area contributed by atoms with Crippen molar-refractivity contribution in [1.29, 1.82) is 0 Å². The number of ether oxygens (including phenoxy) is 2. The van der Waals surface area contributed by atoms with Crippen molar-refractivity contribution in [2.45, 2.75) is 13.3 Å². The van der Waals surface area contributed by atoms with Crippen LogP contribution in [0.5, 0.6) is 5.75 Å². The zero-order chi connectivity index (χ0) is 22.0. The van der Waals surface area contributed by atoms with E-state index >= 15 is 0 Å². The molecule has 0 atom stereocenters. The lowest BCUT2D eigenvalue weighted by atomic mass is 10.1. The lowest BCUT2D eigenvalue weighted by Gasteiger charge is -2.06. The lowest BCUT2D eigenvalue weighted by molar-refractivity contribution is -0.115. The summed E-state index contributed by atoms with van der Waals surface area (Å²) < 4.78 is 16.8. The highest BCUT2D eigenvalue weighted by molar-refractivity contribution is 7.21. The summed E-state index contributed by atoms with van der Waals surface area (Å²) in [6.45, 7) is 1.65. The number of carbonyl (C=O) groups is 2. The van der Waals surface area contributed by atoms with Gasteiger partial charge < -0.3 is 13.9 Å². The maximum atomic E-state index is 12.7. The Hall–Kier alpha value is -3.65. The van der Waals surface area contributed by atoms with Crippen LogP contribution in [0.2, 0.25) is 0 Å². The molecule has 4 aromatic rings. The molecule has 0 aliphatic rings. The molecule has 0 fully saturated rings. The Labute approximate surface area is 182 Å². The highest BCUT2D eigenvalue weighted by atomic mass is 32.1. The van der Waals surface area contributed by atoms with Crippen molar-refractivity contribution in [2.24, 2.45) is 0 Å². The number of benzene rings is 2. The molecule has 2 aromatic heterocycles. The van der Waals surface area contributed by atoms with E-state index in [2.05, 4.69) is 10.3 Å². The van der Waals surface area contributed by atoms with Crippen molar-refractivity contribution in [3.8, 4) is 16.3 Å². The second-order valence-electron chi connectivity index (χ2n) is 6.79. The molecule has 2 heterocycles. The highest BCUT2D eigenvalue weighted by Crippen LogP contribution is 2.40. The van der Waals surface area contributed by atoms with Crippen molar-refractivity contribution in [3.63, 3.8) is 0 Å². The topological polar surface area (TPSA) is 90.7 Å². The fraction of sp³-hybridized carbons (Fsp3) is 0.174. The Morgan fingerprint density at radius 1 is 1.10 bits per heavy atom. The first-order chi connectivity index (χ1) is 15.0. The predicted molar refractivity (Wildman–Crippen MR) is 119 cm³/mol. The number of thiazole rings is 1. The number of carbonyl (C=O) groups excluding carboxylic acids is 2. The number of hydrogen-bond acceptors (Lipinski definition) is 7. The monoisotopic (exact) mass is 436 g/mol. The van der Waals surface area contributed by atoms with Crippen LogP contribution < -0.4 is 10.1 Å². The van der Waals surface area contributed by atoms with E-state index in [1.54, 1.807) is 26.2 Å². The first kappa shape index (κ1) is 20.6. The largest absolute Gasteiger partial charge is 0.497 e. The van der Waals surface area contributed by atoms with Gasteiger partial charge in [0.15, 0.2) is 0 Å². The molecule has 0 bridgehead atoms. The predicted octanol–water partition coefficient (Wildman–Crippen LogP) is 4.84. The van der Waals surface area contributed by atoms with Gasteiger partial charge in [0.2, 0.25) is 11.8 Å². The number of esters is 1. The number of furan rings is 1. The molecule has 0 saturated carbocycles. The Balaban J connectivity index is 1.69. The molecule has 0 aliphatic carbocycles. The summed E-state index contributed by atoms with van der Waals surface area (Å²) in [6.07, 6.45) is 0.136. The van der Waals surface area contributed by atoms with E-state index in [1.165, 1.54) is 18.4 Å². The summed E-state index contributed by atoms with van der Waals surface area (Å²) in [6, 6.07) is 14.9. The Morgan fingerprint density at radius 3 is 2.52 bits per heavy atom. The van der Waals surface area contributed by atoms with Gasteiger partial charge in [-0.1, -0.05) is 24.3 Å². The van der Waals surface area contributed by atoms with Gasteiger partial charge >= 0.3 is 5.97 Å². The highest BCUT2D eigenvalue weighted by Gasteiger charge is 2.28. The molecule has 0 aliphatic heterocycles. The van der Waals surface area contributed by atoms with Gasteiger partial charge in [0.1, 0.15) is 22.1 Å². The van der Waals surface area contributed by atoms with E-state index in [-0.39, 0.29) is 23.8 Å². The van der Waals surface area contributed by atoms with E-state index in [0.29, 0.717) is 22.1 Å². The first-order valence-electron chi connectivity index (χ1n) is 9.50. The standard InChI is InChI=1S/C23H20N2O5S/c1-13-19(23(27)29-3)20(22-24-16-6-4-5-7-17(16)31-22)21(30-13)25-18(26)12-14-8-10-15(28-2)11-9-14/h4-11H,12H2,1-3H3,(H,25,26). The molecule has 8 heteroatoms. The molecule has 7 nitrogen and oxygen atoms in total. The van der Waals surface area contributed by atoms with E-state index in [1.807, 2.05) is 36.4 Å². The first-order valence-corrected chi connectivity index (χ1v) is 10.3. The summed E-state index contributed by atoms with van der Waals surface area (Å²) in [4.78, 5) is 29.8. The van der Waals surface area contributed by atoms with Crippen LogP contribution in [0, 0.1) is 6.92 Å². The molecular weight excluding hydrogens is 416 g/mol. The SMILES string of the molecule is COC(=O)c1c(C)oc(NC(=O)Cc2ccc(OC)cc2)c1-c1nc2ccccc2s1. The van der Waals surface area contributed by atoms with E-state index < -0.39 is 5.97 Å². The molecule has 0 unspecified atom stereocenters. The Kier molecular flexibility index (Phi) is 5.73. The number of hydrogen-bond donors (Lipinski definition) is 1. The summed E-state index contributed by atoms with van der Waals surface area (Å²) in [5.74, 6) is 0.409. The molecule has 158 valence electrons. The molecule has 1 amide bonds. The third kappa shape index (κ3) is 4.15. The van der Waals surface area contributed by atoms with E-state index in [0.717, 1.165) is 15.8 Å². The zero-order valence-electron chi connectivity index (χ0n) is 17.2. The second-order valence-corrected chi connectivity index (χ2v) is 7.82. The van der Waals surface area contributed by atoms with Crippen molar-refractivity contribution < 1.29 is 23.5 Å². The fourth-order valence-corrected chi connectivity index (χ4v) is 4.28. The molecule has 2 aromatic carbocycles. The van der Waals surface area contributed by atoms with Crippen LogP contribution in [0.25, 0.3) is 20.8 Å². The number of nitrogens with zero attached hydrogens (tertiary/aromatic N) is 1. The molecule has 4 rings (SSSR count). The van der Waals surface area contributed by atoms with Gasteiger partial charge in [-0.25, -0.2) is 9.78 Å². The summed E-state index contributed by atoms with van der Waals surface area (Å²) >= 11 is 1.41. The van der Waals surface area contributed by atoms with Crippen LogP contribution in [-0.2, 0) is 16.0 Å². The number of fused-ring (bicyclic) bond motifs is 1. The lowest BCUT2D eigenvalue weighted by Crippen LogP contribution is -2.14. The Morgan fingerprint density at radius 2 is 1.84 bits per heavy atom. The van der Waals surface area contributed by atoms with Gasteiger partial charge in [0.05, 0.1) is 36.4 Å². The van der Waals surface area contributed by atoms with Crippen LogP contribution in [0.3, 0.4) is 0 Å². The number of aromatic nitrogens is 1. The number of methoxy groups -OCH3 is 2. The number of amides is 1. The van der Waals surface area contributed by atoms with Crippen LogP contribution in [0.4, 0.5) is 5.88 Å². The maximum absolute atomic E-state index is 12.7. The van der Waals surface area contributed by atoms with Crippen molar-refractivity contribution in [2.75, 3.05) is 19.5 Å². The molecule has 0 saturated heterocycles. The number of rotatable bonds is 6. The number of para-hydroxylation sites is 1. The Bertz CT molecular complexity index is 1220. The quantitative estimate of drug-likeness (QED) is 0.435. The normalized spacial score (nSPS) is 10.8. The fourth-order valence-electron chi connectivity index (χ4n) is 3.26. The summed E-state index contributed by atoms with van der Waals surface area (Å²) in [5.41, 5.74) is 2.29. The van der Waals surface area contributed by atoms with Crippen LogP contribution >= 0.6 is 11.3 Å². The van der Waals surface area contributed by atoms with Crippen molar-refractivity contribution in [3.05, 3.63) is 65.4 Å². The minimum absolute atomic E-state index is 0.136. The smallest absolute Gasteiger partial charge is 0.342 e. The van der Waals surface area contributed by atoms with Gasteiger partial charge in [-0.3, -0.25) is 10.1 Å². The summed E-state index contributed by atoms with van der Waals surface area (Å²) in [5, 5.41) is 3.36. The number of nitrogens with one attached hydrogen (secondary N) is 1. The third-order valence-electron chi connectivity index (χ3n) is 4.76. The van der Waals surface area contributed by atoms with E-state index in [4.69, 9.17) is 13.9 Å². The third-order valence-corrected chi connectivity index (χ3v) is 5.81. The molecular formula is C23H20N2O5S. The summed E-state index contributed by atoms with van der Waals surface area (Å²) in [7, 11) is 2.89. The van der Waals surface area contributed by atoms with E-state index in [9.17, 15) is 9.59 Å². The number of aryl methyl sites for hydroxylation is 1. The van der Waals surface area contributed by atoms with Crippen molar-refractivity contribution >= 4 is 39.3 Å². The van der Waals surface area contributed by atoms with Gasteiger partial charge in [-0.15, -0.1) is 11.3 Å². The molecule has 31 heavy (non-hydrogen) atoms. The second kappa shape index (κ2) is 8.61. The van der Waals surface area contributed by atoms with Crippen LogP contribution in [0.1, 0.15) is 21.7 Å². The van der Waals surface area contributed by atoms with Gasteiger partial charge in [0.25, 0.3) is 0 Å². The molecule has 0 spiro atoms. The minimum Gasteiger partial charge on any atom is -0.497 e. The molecule has 1 N–H and O–H groups in total. The maximum Gasteiger partial charge on any atom is 0.342 e. The number of anilines is 1. The average Bonchev–Trinajstić information content (AvgIpc) is 3.33. The van der Waals surface area contributed by atoms with Gasteiger partial charge in [0, 0.05) is 0 Å². The van der Waals surface area contributed by atoms with Crippen LogP contribution in [0.15, 0.2) is 52.9 Å². The zero-order valence-corrected chi connectivity index (χ0v) is 18.0. The minimum atomic E-state index is -0.550. The van der Waals surface area contributed by atoms with Crippen molar-refractivity contribution in [1.82, 2.24) is 4.98 Å². The van der Waals surface area contributed by atoms with Crippen LogP contribution in [-0.4, -0.2) is 31.1 Å². The average molecular weight is 436 g/mol. The van der Waals surface area contributed by atoms with Gasteiger partial charge in [-0.2, -0.15) is 0 Å². The van der Waals surface area contributed by atoms with Gasteiger partial charge in [-0.05, 0) is 36.8 Å².